The zero-order chi connectivity index (χ0) is 17.1. The van der Waals surface area contributed by atoms with E-state index in [0.717, 1.165) is 5.56 Å². The van der Waals surface area contributed by atoms with Crippen LogP contribution in [0.15, 0.2) is 67.3 Å². The van der Waals surface area contributed by atoms with Crippen molar-refractivity contribution in [3.05, 3.63) is 94.0 Å². The fourth-order valence-electron chi connectivity index (χ4n) is 1.44. The van der Waals surface area contributed by atoms with E-state index in [1.54, 1.807) is 24.8 Å². The molecule has 3 aromatic rings. The predicted octanol–water partition coefficient (Wildman–Crippen LogP) is 6.08. The summed E-state index contributed by atoms with van der Waals surface area (Å²) in [5, 5.41) is 1.23. The van der Waals surface area contributed by atoms with Gasteiger partial charge in [-0.25, -0.2) is 0 Å². The normalized spacial score (nSPS) is 9.09. The van der Waals surface area contributed by atoms with Gasteiger partial charge in [-0.15, -0.1) is 0 Å². The maximum atomic E-state index is 5.67. The van der Waals surface area contributed by atoms with Gasteiger partial charge in [-0.05, 0) is 44.0 Å². The Kier molecular flexibility index (Phi) is 8.96. The maximum Gasteiger partial charge on any atom is 0.0633 e. The van der Waals surface area contributed by atoms with E-state index in [1.807, 2.05) is 44.2 Å². The third-order valence-corrected chi connectivity index (χ3v) is 3.64. The molecule has 0 N–H and O–H groups in total. The molecule has 0 aliphatic carbocycles. The molecule has 120 valence electrons. The zero-order valence-corrected chi connectivity index (χ0v) is 15.0. The minimum Gasteiger partial charge on any atom is -0.265 e. The van der Waals surface area contributed by atoms with Gasteiger partial charge in [0, 0.05) is 24.8 Å². The molecule has 0 atom stereocenters. The molecule has 2 aromatic heterocycles. The van der Waals surface area contributed by atoms with E-state index < -0.39 is 0 Å². The van der Waals surface area contributed by atoms with Gasteiger partial charge >= 0.3 is 0 Å². The minimum absolute atomic E-state index is 0.613. The predicted molar refractivity (Wildman–Crippen MR) is 99.1 cm³/mol. The Hall–Kier alpha value is -1.90. The van der Waals surface area contributed by atoms with Crippen molar-refractivity contribution in [1.29, 1.82) is 0 Å². The van der Waals surface area contributed by atoms with Crippen molar-refractivity contribution >= 4 is 23.2 Å². The number of hydrogen-bond acceptors (Lipinski definition) is 2. The Balaban J connectivity index is 0.000000175. The number of hydrogen-bond donors (Lipinski definition) is 0. The molecule has 4 heteroatoms. The monoisotopic (exact) mass is 346 g/mol. The molecule has 0 fully saturated rings. The van der Waals surface area contributed by atoms with Crippen LogP contribution < -0.4 is 0 Å². The lowest BCUT2D eigenvalue weighted by molar-refractivity contribution is 1.29. The molecule has 0 unspecified atom stereocenters. The highest BCUT2D eigenvalue weighted by Crippen LogP contribution is 2.20. The molecular formula is C19H20Cl2N2. The lowest BCUT2D eigenvalue weighted by Gasteiger charge is -1.95. The maximum absolute atomic E-state index is 5.67. The Labute approximate surface area is 148 Å². The van der Waals surface area contributed by atoms with Gasteiger partial charge in [0.05, 0.1) is 10.0 Å². The highest BCUT2D eigenvalue weighted by Gasteiger charge is 1.97. The molecule has 2 nitrogen and oxygen atoms in total. The first kappa shape index (κ1) is 19.1. The third-order valence-electron chi connectivity index (χ3n) is 2.88. The van der Waals surface area contributed by atoms with E-state index in [0.29, 0.717) is 10.0 Å². The van der Waals surface area contributed by atoms with Gasteiger partial charge in [-0.2, -0.15) is 0 Å². The van der Waals surface area contributed by atoms with Crippen LogP contribution >= 0.6 is 23.2 Å². The number of pyridine rings is 2. The van der Waals surface area contributed by atoms with E-state index in [1.165, 1.54) is 11.1 Å². The number of aryl methyl sites for hydroxylation is 2. The first-order valence-corrected chi connectivity index (χ1v) is 7.90. The summed E-state index contributed by atoms with van der Waals surface area (Å²) in [6, 6.07) is 14.2. The molecule has 0 bridgehead atoms. The molecule has 3 rings (SSSR count). The second-order valence-corrected chi connectivity index (χ2v) is 5.72. The minimum atomic E-state index is 0.613. The average molecular weight is 347 g/mol. The van der Waals surface area contributed by atoms with E-state index in [9.17, 15) is 0 Å². The van der Waals surface area contributed by atoms with Crippen molar-refractivity contribution in [1.82, 2.24) is 9.97 Å². The number of nitrogens with zero attached hydrogens (tertiary/aromatic N) is 2. The van der Waals surface area contributed by atoms with Crippen LogP contribution in [0, 0.1) is 20.8 Å². The second kappa shape index (κ2) is 10.8. The van der Waals surface area contributed by atoms with Crippen molar-refractivity contribution < 1.29 is 0 Å². The van der Waals surface area contributed by atoms with Crippen molar-refractivity contribution in [3.8, 4) is 0 Å². The smallest absolute Gasteiger partial charge is 0.0633 e. The summed E-state index contributed by atoms with van der Waals surface area (Å²) < 4.78 is 0. The summed E-state index contributed by atoms with van der Waals surface area (Å²) >= 11 is 11.3. The molecular weight excluding hydrogens is 327 g/mol. The number of halogens is 2. The lowest BCUT2D eigenvalue weighted by atomic mass is 10.2. The summed E-state index contributed by atoms with van der Waals surface area (Å²) in [6.07, 6.45) is 6.72. The van der Waals surface area contributed by atoms with E-state index in [2.05, 4.69) is 29.0 Å². The molecule has 0 amide bonds. The zero-order valence-electron chi connectivity index (χ0n) is 13.5. The molecule has 0 aliphatic heterocycles. The standard InChI is InChI=1S/C7H8.C6H5Cl2N.C6H7N/c1-7-5-3-2-4-6-7;1-4-5(7)2-9-3-6(4)8;1-6-2-4-7-5-3-6/h2-6H,1H3;2-3H,1H3;2-5H,1H3. The quantitative estimate of drug-likeness (QED) is 0.492. The lowest BCUT2D eigenvalue weighted by Crippen LogP contribution is -1.78. The van der Waals surface area contributed by atoms with Crippen LogP contribution in [0.2, 0.25) is 10.0 Å². The number of rotatable bonds is 0. The molecule has 0 radical (unpaired) electrons. The molecule has 23 heavy (non-hydrogen) atoms. The molecule has 0 saturated carbocycles. The Morgan fingerprint density at radius 1 is 0.652 bits per heavy atom. The van der Waals surface area contributed by atoms with Gasteiger partial charge in [0.15, 0.2) is 0 Å². The second-order valence-electron chi connectivity index (χ2n) is 4.91. The SMILES string of the molecule is Cc1c(Cl)cncc1Cl.Cc1ccccc1.Cc1ccncc1. The van der Waals surface area contributed by atoms with E-state index >= 15 is 0 Å². The van der Waals surface area contributed by atoms with Crippen LogP contribution in [-0.4, -0.2) is 9.97 Å². The van der Waals surface area contributed by atoms with Gasteiger partial charge < -0.3 is 0 Å². The number of aromatic nitrogens is 2. The van der Waals surface area contributed by atoms with Crippen LogP contribution in [0.5, 0.6) is 0 Å². The third kappa shape index (κ3) is 8.34. The Morgan fingerprint density at radius 3 is 1.43 bits per heavy atom. The summed E-state index contributed by atoms with van der Waals surface area (Å²) in [6.45, 7) is 5.98. The van der Waals surface area contributed by atoms with Crippen molar-refractivity contribution in [2.45, 2.75) is 20.8 Å². The fraction of sp³-hybridized carbons (Fsp3) is 0.158. The molecule has 0 saturated heterocycles. The van der Waals surface area contributed by atoms with Crippen LogP contribution in [0.3, 0.4) is 0 Å². The summed E-state index contributed by atoms with van der Waals surface area (Å²) in [5.74, 6) is 0. The summed E-state index contributed by atoms with van der Waals surface area (Å²) in [7, 11) is 0. The van der Waals surface area contributed by atoms with Crippen LogP contribution in [0.25, 0.3) is 0 Å². The first-order valence-electron chi connectivity index (χ1n) is 7.14. The van der Waals surface area contributed by atoms with Gasteiger partial charge in [-0.1, -0.05) is 59.1 Å². The van der Waals surface area contributed by atoms with Crippen LogP contribution in [0.4, 0.5) is 0 Å². The molecule has 1 aromatic carbocycles. The van der Waals surface area contributed by atoms with Gasteiger partial charge in [0.2, 0.25) is 0 Å². The average Bonchev–Trinajstić information content (AvgIpc) is 2.55. The molecule has 0 spiro atoms. The number of benzene rings is 1. The topological polar surface area (TPSA) is 25.8 Å². The van der Waals surface area contributed by atoms with Crippen LogP contribution in [-0.2, 0) is 0 Å². The summed E-state index contributed by atoms with van der Waals surface area (Å²) in [5.41, 5.74) is 3.46. The molecule has 2 heterocycles. The van der Waals surface area contributed by atoms with Gasteiger partial charge in [-0.3, -0.25) is 9.97 Å². The highest BCUT2D eigenvalue weighted by atomic mass is 35.5. The van der Waals surface area contributed by atoms with Gasteiger partial charge in [0.1, 0.15) is 0 Å². The molecule has 0 aliphatic rings. The van der Waals surface area contributed by atoms with Crippen molar-refractivity contribution in [3.63, 3.8) is 0 Å². The van der Waals surface area contributed by atoms with Crippen LogP contribution in [0.1, 0.15) is 16.7 Å². The highest BCUT2D eigenvalue weighted by molar-refractivity contribution is 6.35. The summed E-state index contributed by atoms with van der Waals surface area (Å²) in [4.78, 5) is 7.63. The Bertz CT molecular complexity index is 628. The Morgan fingerprint density at radius 2 is 1.13 bits per heavy atom. The largest absolute Gasteiger partial charge is 0.265 e. The first-order chi connectivity index (χ1) is 11.0. The van der Waals surface area contributed by atoms with E-state index in [-0.39, 0.29) is 0 Å². The van der Waals surface area contributed by atoms with Gasteiger partial charge in [0.25, 0.3) is 0 Å². The van der Waals surface area contributed by atoms with Crippen molar-refractivity contribution in [2.75, 3.05) is 0 Å². The fourth-order valence-corrected chi connectivity index (χ4v) is 1.80. The van der Waals surface area contributed by atoms with Crippen molar-refractivity contribution in [2.24, 2.45) is 0 Å². The van der Waals surface area contributed by atoms with E-state index in [4.69, 9.17) is 23.2 Å².